The van der Waals surface area contributed by atoms with Crippen molar-refractivity contribution in [3.05, 3.63) is 93.8 Å². The molecule has 1 saturated heterocycles. The molecule has 33 heavy (non-hydrogen) atoms. The van der Waals surface area contributed by atoms with Gasteiger partial charge in [0.1, 0.15) is 12.0 Å². The first-order valence-electron chi connectivity index (χ1n) is 10.5. The van der Waals surface area contributed by atoms with Gasteiger partial charge in [-0.05, 0) is 48.5 Å². The molecule has 0 unspecified atom stereocenters. The van der Waals surface area contributed by atoms with Gasteiger partial charge in [0.2, 0.25) is 0 Å². The normalized spacial score (nSPS) is 14.0. The van der Waals surface area contributed by atoms with Crippen molar-refractivity contribution >= 4 is 39.9 Å². The van der Waals surface area contributed by atoms with Gasteiger partial charge in [-0.3, -0.25) is 19.5 Å². The molecule has 0 spiro atoms. The van der Waals surface area contributed by atoms with Crippen LogP contribution in [0.15, 0.2) is 73.1 Å². The van der Waals surface area contributed by atoms with Gasteiger partial charge in [-0.2, -0.15) is 0 Å². The Morgan fingerprint density at radius 3 is 2.42 bits per heavy atom. The number of fused-ring (bicyclic) bond motifs is 1. The first-order valence-corrected chi connectivity index (χ1v) is 10.9. The molecule has 1 aromatic heterocycles. The quantitative estimate of drug-likeness (QED) is 0.329. The van der Waals surface area contributed by atoms with E-state index in [1.54, 1.807) is 23.4 Å². The summed E-state index contributed by atoms with van der Waals surface area (Å²) in [7, 11) is 0. The van der Waals surface area contributed by atoms with E-state index in [1.807, 2.05) is 58.0 Å². The number of rotatable bonds is 4. The Morgan fingerprint density at radius 2 is 1.70 bits per heavy atom. The fourth-order valence-corrected chi connectivity index (χ4v) is 4.34. The molecule has 0 radical (unpaired) electrons. The highest BCUT2D eigenvalue weighted by atomic mass is 35.5. The number of carbonyl (C=O) groups excluding carboxylic acids is 1. The van der Waals surface area contributed by atoms with Gasteiger partial charge in [-0.1, -0.05) is 23.7 Å². The maximum atomic E-state index is 13.0. The number of nitro benzene ring substituents is 1. The number of halogens is 1. The Balaban J connectivity index is 1.28. The second-order valence-electron chi connectivity index (χ2n) is 7.82. The van der Waals surface area contributed by atoms with Gasteiger partial charge in [0.05, 0.1) is 16.0 Å². The molecule has 0 bridgehead atoms. The van der Waals surface area contributed by atoms with Crippen molar-refractivity contribution in [1.82, 2.24) is 14.5 Å². The van der Waals surface area contributed by atoms with Crippen LogP contribution in [0, 0.1) is 10.1 Å². The van der Waals surface area contributed by atoms with Crippen LogP contribution in [0.2, 0.25) is 5.02 Å². The summed E-state index contributed by atoms with van der Waals surface area (Å²) in [5, 5.41) is 11.7. The second-order valence-corrected chi connectivity index (χ2v) is 8.26. The summed E-state index contributed by atoms with van der Waals surface area (Å²) in [4.78, 5) is 32.1. The lowest BCUT2D eigenvalue weighted by Crippen LogP contribution is -2.49. The lowest BCUT2D eigenvalue weighted by molar-refractivity contribution is -0.384. The number of benzene rings is 3. The molecule has 9 heteroatoms. The molecule has 8 nitrogen and oxygen atoms in total. The molecule has 0 saturated carbocycles. The van der Waals surface area contributed by atoms with Gasteiger partial charge in [-0.15, -0.1) is 0 Å². The third-order valence-corrected chi connectivity index (χ3v) is 6.12. The molecule has 1 amide bonds. The molecular formula is C24H20ClN5O3. The number of piperazine rings is 1. The zero-order chi connectivity index (χ0) is 22.9. The predicted octanol–water partition coefficient (Wildman–Crippen LogP) is 4.55. The summed E-state index contributed by atoms with van der Waals surface area (Å²) < 4.78 is 1.99. The Bertz CT molecular complexity index is 1340. The summed E-state index contributed by atoms with van der Waals surface area (Å²) in [6.45, 7) is 1.97. The molecule has 3 aromatic carbocycles. The molecule has 1 aliphatic rings. The summed E-state index contributed by atoms with van der Waals surface area (Å²) in [5.74, 6) is -0.0534. The van der Waals surface area contributed by atoms with Crippen molar-refractivity contribution in [2.75, 3.05) is 31.1 Å². The van der Waals surface area contributed by atoms with Crippen LogP contribution in [0.4, 0.5) is 11.4 Å². The SMILES string of the molecule is O=C(c1ccc(-n2cnc3ccccc32)cc1)N1CCN(c2ccc(Cl)cc2[N+](=O)[O-])CC1. The fourth-order valence-electron chi connectivity index (χ4n) is 4.17. The highest BCUT2D eigenvalue weighted by Gasteiger charge is 2.26. The van der Waals surface area contributed by atoms with Crippen molar-refractivity contribution < 1.29 is 9.72 Å². The van der Waals surface area contributed by atoms with Crippen molar-refractivity contribution in [1.29, 1.82) is 0 Å². The van der Waals surface area contributed by atoms with Crippen molar-refractivity contribution in [3.63, 3.8) is 0 Å². The number of nitro groups is 1. The second kappa shape index (κ2) is 8.55. The molecule has 1 fully saturated rings. The van der Waals surface area contributed by atoms with Crippen molar-refractivity contribution in [2.24, 2.45) is 0 Å². The van der Waals surface area contributed by atoms with Gasteiger partial charge in [0.15, 0.2) is 0 Å². The monoisotopic (exact) mass is 461 g/mol. The maximum absolute atomic E-state index is 13.0. The highest BCUT2D eigenvalue weighted by molar-refractivity contribution is 6.30. The zero-order valence-corrected chi connectivity index (χ0v) is 18.4. The van der Waals surface area contributed by atoms with Crippen LogP contribution in [0.5, 0.6) is 0 Å². The van der Waals surface area contributed by atoms with E-state index >= 15 is 0 Å². The average Bonchev–Trinajstić information content (AvgIpc) is 3.28. The third kappa shape index (κ3) is 4.01. The summed E-state index contributed by atoms with van der Waals surface area (Å²) in [5.41, 5.74) is 3.95. The number of carbonyl (C=O) groups is 1. The molecule has 2 heterocycles. The minimum Gasteiger partial charge on any atom is -0.362 e. The van der Waals surface area contributed by atoms with E-state index in [1.165, 1.54) is 6.07 Å². The van der Waals surface area contributed by atoms with Crippen LogP contribution in [-0.2, 0) is 0 Å². The highest BCUT2D eigenvalue weighted by Crippen LogP contribution is 2.31. The standard InChI is InChI=1S/C24H20ClN5O3/c25-18-7-10-22(23(15-18)30(32)33)27-11-13-28(14-12-27)24(31)17-5-8-19(9-6-17)29-16-26-20-3-1-2-4-21(20)29/h1-10,15-16H,11-14H2. The van der Waals surface area contributed by atoms with Crippen LogP contribution < -0.4 is 4.90 Å². The van der Waals surface area contributed by atoms with Crippen molar-refractivity contribution in [2.45, 2.75) is 0 Å². The van der Waals surface area contributed by atoms with E-state index in [4.69, 9.17) is 11.6 Å². The third-order valence-electron chi connectivity index (χ3n) is 5.89. The van der Waals surface area contributed by atoms with Gasteiger partial charge >= 0.3 is 0 Å². The van der Waals surface area contributed by atoms with Crippen LogP contribution in [0.1, 0.15) is 10.4 Å². The van der Waals surface area contributed by atoms with E-state index in [0.29, 0.717) is 42.5 Å². The number of hydrogen-bond donors (Lipinski definition) is 0. The molecule has 0 aliphatic carbocycles. The van der Waals surface area contributed by atoms with E-state index < -0.39 is 4.92 Å². The number of anilines is 1. The van der Waals surface area contributed by atoms with E-state index in [2.05, 4.69) is 4.98 Å². The van der Waals surface area contributed by atoms with Crippen LogP contribution in [0.3, 0.4) is 0 Å². The van der Waals surface area contributed by atoms with E-state index in [9.17, 15) is 14.9 Å². The summed E-state index contributed by atoms with van der Waals surface area (Å²) >= 11 is 5.92. The zero-order valence-electron chi connectivity index (χ0n) is 17.6. The lowest BCUT2D eigenvalue weighted by Gasteiger charge is -2.35. The lowest BCUT2D eigenvalue weighted by atomic mass is 10.1. The fraction of sp³-hybridized carbons (Fsp3) is 0.167. The number of para-hydroxylation sites is 2. The van der Waals surface area contributed by atoms with Crippen molar-refractivity contribution in [3.8, 4) is 5.69 Å². The minimum absolute atomic E-state index is 0.0232. The van der Waals surface area contributed by atoms with Crippen LogP contribution in [0.25, 0.3) is 16.7 Å². The number of nitrogens with zero attached hydrogens (tertiary/aromatic N) is 5. The van der Waals surface area contributed by atoms with Gasteiger partial charge in [0.25, 0.3) is 11.6 Å². The van der Waals surface area contributed by atoms with Gasteiger partial charge in [-0.25, -0.2) is 4.98 Å². The Morgan fingerprint density at radius 1 is 0.970 bits per heavy atom. The smallest absolute Gasteiger partial charge is 0.294 e. The Labute approximate surface area is 194 Å². The summed E-state index contributed by atoms with van der Waals surface area (Å²) in [6, 6.07) is 20.0. The molecule has 4 aromatic rings. The molecule has 5 rings (SSSR count). The van der Waals surface area contributed by atoms with Crippen LogP contribution in [-0.4, -0.2) is 51.5 Å². The molecule has 0 atom stereocenters. The van der Waals surface area contributed by atoms with Gasteiger partial charge in [0, 0.05) is 48.5 Å². The number of aromatic nitrogens is 2. The largest absolute Gasteiger partial charge is 0.362 e. The average molecular weight is 462 g/mol. The Kier molecular flexibility index (Phi) is 5.43. The number of amides is 1. The molecule has 0 N–H and O–H groups in total. The van der Waals surface area contributed by atoms with Gasteiger partial charge < -0.3 is 9.80 Å². The van der Waals surface area contributed by atoms with E-state index in [-0.39, 0.29) is 11.6 Å². The number of imidazole rings is 1. The maximum Gasteiger partial charge on any atom is 0.294 e. The minimum atomic E-state index is -0.427. The Hall–Kier alpha value is -3.91. The molecule has 166 valence electrons. The molecule has 1 aliphatic heterocycles. The molecular weight excluding hydrogens is 442 g/mol. The van der Waals surface area contributed by atoms with Crippen LogP contribution >= 0.6 is 11.6 Å². The predicted molar refractivity (Wildman–Crippen MR) is 127 cm³/mol. The topological polar surface area (TPSA) is 84.5 Å². The van der Waals surface area contributed by atoms with E-state index in [0.717, 1.165) is 16.7 Å². The first kappa shape index (κ1) is 21.0. The first-order chi connectivity index (χ1) is 16.0. The number of hydrogen-bond acceptors (Lipinski definition) is 5. The summed E-state index contributed by atoms with van der Waals surface area (Å²) in [6.07, 6.45) is 1.77.